The monoisotopic (exact) mass is 194 g/mol. The highest BCUT2D eigenvalue weighted by molar-refractivity contribution is 7.80. The van der Waals surface area contributed by atoms with Crippen LogP contribution in [0.4, 0.5) is 0 Å². The molecule has 0 saturated heterocycles. The molecular formula is C9H6O3S. The van der Waals surface area contributed by atoms with Gasteiger partial charge in [0.2, 0.25) is 0 Å². The number of benzene rings is 1. The zero-order chi connectivity index (χ0) is 9.59. The van der Waals surface area contributed by atoms with Crippen molar-refractivity contribution >= 4 is 24.6 Å². The van der Waals surface area contributed by atoms with Crippen molar-refractivity contribution in [2.75, 3.05) is 0 Å². The third-order valence-corrected chi connectivity index (χ3v) is 2.57. The number of fused-ring (bicyclic) bond motifs is 1. The first-order valence-electron chi connectivity index (χ1n) is 3.70. The topological polar surface area (TPSA) is 43.4 Å². The Kier molecular flexibility index (Phi) is 1.66. The SMILES string of the molecule is Cc1ccc2c(c1S)C(=O)OC2=O. The summed E-state index contributed by atoms with van der Waals surface area (Å²) in [6.07, 6.45) is 0. The first-order valence-corrected chi connectivity index (χ1v) is 4.15. The molecule has 1 aliphatic rings. The third kappa shape index (κ3) is 1.06. The summed E-state index contributed by atoms with van der Waals surface area (Å²) in [5.41, 5.74) is 1.45. The summed E-state index contributed by atoms with van der Waals surface area (Å²) in [6, 6.07) is 3.32. The molecule has 0 aliphatic carbocycles. The van der Waals surface area contributed by atoms with Gasteiger partial charge < -0.3 is 4.74 Å². The summed E-state index contributed by atoms with van der Waals surface area (Å²) in [5, 5.41) is 0. The molecule has 1 heterocycles. The van der Waals surface area contributed by atoms with Crippen molar-refractivity contribution < 1.29 is 14.3 Å². The van der Waals surface area contributed by atoms with E-state index in [0.717, 1.165) is 5.56 Å². The smallest absolute Gasteiger partial charge is 0.348 e. The van der Waals surface area contributed by atoms with Crippen LogP contribution in [0.1, 0.15) is 26.3 Å². The quantitative estimate of drug-likeness (QED) is 0.387. The molecule has 0 saturated carbocycles. The summed E-state index contributed by atoms with van der Waals surface area (Å²) in [4.78, 5) is 22.7. The highest BCUT2D eigenvalue weighted by atomic mass is 32.1. The number of cyclic esters (lactones) is 2. The van der Waals surface area contributed by atoms with Crippen molar-refractivity contribution in [1.29, 1.82) is 0 Å². The van der Waals surface area contributed by atoms with Crippen molar-refractivity contribution in [3.05, 3.63) is 28.8 Å². The van der Waals surface area contributed by atoms with Gasteiger partial charge in [0.25, 0.3) is 0 Å². The molecule has 4 heteroatoms. The van der Waals surface area contributed by atoms with Gasteiger partial charge in [-0.3, -0.25) is 0 Å². The van der Waals surface area contributed by atoms with Crippen LogP contribution in [0, 0.1) is 6.92 Å². The molecule has 1 aliphatic heterocycles. The van der Waals surface area contributed by atoms with Gasteiger partial charge in [0.1, 0.15) is 0 Å². The molecular weight excluding hydrogens is 188 g/mol. The summed E-state index contributed by atoms with van der Waals surface area (Å²) in [6.45, 7) is 1.82. The first kappa shape index (κ1) is 8.31. The predicted molar refractivity (Wildman–Crippen MR) is 48.2 cm³/mol. The van der Waals surface area contributed by atoms with Crippen molar-refractivity contribution in [2.45, 2.75) is 11.8 Å². The highest BCUT2D eigenvalue weighted by Crippen LogP contribution is 2.28. The number of carbonyl (C=O) groups is 2. The lowest BCUT2D eigenvalue weighted by molar-refractivity contribution is 0.0442. The van der Waals surface area contributed by atoms with Crippen molar-refractivity contribution in [2.24, 2.45) is 0 Å². The minimum Gasteiger partial charge on any atom is -0.386 e. The molecule has 1 aromatic rings. The lowest BCUT2D eigenvalue weighted by atomic mass is 10.1. The molecule has 1 aromatic carbocycles. The maximum atomic E-state index is 11.2. The minimum absolute atomic E-state index is 0.285. The van der Waals surface area contributed by atoms with Crippen LogP contribution in [0.25, 0.3) is 0 Å². The van der Waals surface area contributed by atoms with Crippen LogP contribution in [-0.2, 0) is 4.74 Å². The largest absolute Gasteiger partial charge is 0.386 e. The molecule has 0 spiro atoms. The Hall–Kier alpha value is -1.29. The fourth-order valence-electron chi connectivity index (χ4n) is 1.26. The van der Waals surface area contributed by atoms with Crippen LogP contribution in [0.2, 0.25) is 0 Å². The van der Waals surface area contributed by atoms with Gasteiger partial charge in [-0.15, -0.1) is 12.6 Å². The van der Waals surface area contributed by atoms with Gasteiger partial charge in [-0.1, -0.05) is 6.07 Å². The van der Waals surface area contributed by atoms with E-state index in [1.807, 2.05) is 6.92 Å². The van der Waals surface area contributed by atoms with Gasteiger partial charge in [0.15, 0.2) is 0 Å². The molecule has 0 unspecified atom stereocenters. The number of carbonyl (C=O) groups excluding carboxylic acids is 2. The number of ether oxygens (including phenoxy) is 1. The zero-order valence-electron chi connectivity index (χ0n) is 6.83. The minimum atomic E-state index is -0.603. The number of rotatable bonds is 0. The van der Waals surface area contributed by atoms with E-state index in [9.17, 15) is 9.59 Å². The molecule has 3 nitrogen and oxygen atoms in total. The highest BCUT2D eigenvalue weighted by Gasteiger charge is 2.31. The zero-order valence-corrected chi connectivity index (χ0v) is 7.72. The Bertz CT molecular complexity index is 423. The van der Waals surface area contributed by atoms with Gasteiger partial charge in [0, 0.05) is 4.90 Å². The summed E-state index contributed by atoms with van der Waals surface area (Å²) < 4.78 is 4.44. The van der Waals surface area contributed by atoms with Crippen molar-refractivity contribution in [3.63, 3.8) is 0 Å². The fraction of sp³-hybridized carbons (Fsp3) is 0.111. The molecule has 0 N–H and O–H groups in total. The lowest BCUT2D eigenvalue weighted by Gasteiger charge is -2.00. The number of hydrogen-bond acceptors (Lipinski definition) is 4. The van der Waals surface area contributed by atoms with E-state index in [4.69, 9.17) is 0 Å². The maximum Gasteiger partial charge on any atom is 0.348 e. The van der Waals surface area contributed by atoms with E-state index in [1.165, 1.54) is 0 Å². The molecule has 0 fully saturated rings. The van der Waals surface area contributed by atoms with E-state index in [1.54, 1.807) is 12.1 Å². The maximum absolute atomic E-state index is 11.2. The van der Waals surface area contributed by atoms with Crippen LogP contribution in [0.3, 0.4) is 0 Å². The third-order valence-electron chi connectivity index (χ3n) is 1.99. The van der Waals surface area contributed by atoms with E-state index >= 15 is 0 Å². The summed E-state index contributed by atoms with van der Waals surface area (Å²) >= 11 is 4.15. The first-order chi connectivity index (χ1) is 6.11. The van der Waals surface area contributed by atoms with Gasteiger partial charge in [-0.2, -0.15) is 0 Å². The molecule has 0 aromatic heterocycles. The Balaban J connectivity index is 2.78. The van der Waals surface area contributed by atoms with E-state index in [-0.39, 0.29) is 5.56 Å². The molecule has 13 heavy (non-hydrogen) atoms. The second-order valence-corrected chi connectivity index (χ2v) is 3.28. The van der Waals surface area contributed by atoms with Crippen LogP contribution < -0.4 is 0 Å². The van der Waals surface area contributed by atoms with Gasteiger partial charge in [0.05, 0.1) is 11.1 Å². The van der Waals surface area contributed by atoms with Gasteiger partial charge in [-0.05, 0) is 18.6 Å². The van der Waals surface area contributed by atoms with Crippen LogP contribution in [0.15, 0.2) is 17.0 Å². The average molecular weight is 194 g/mol. The van der Waals surface area contributed by atoms with E-state index < -0.39 is 11.9 Å². The normalized spacial score (nSPS) is 14.3. The van der Waals surface area contributed by atoms with E-state index in [0.29, 0.717) is 10.5 Å². The number of hydrogen-bond donors (Lipinski definition) is 1. The predicted octanol–water partition coefficient (Wildman–Crippen LogP) is 1.59. The molecule has 0 radical (unpaired) electrons. The van der Waals surface area contributed by atoms with Crippen molar-refractivity contribution in [3.8, 4) is 0 Å². The molecule has 66 valence electrons. The van der Waals surface area contributed by atoms with Crippen LogP contribution in [-0.4, -0.2) is 11.9 Å². The molecule has 2 rings (SSSR count). The number of aryl methyl sites for hydroxylation is 1. The lowest BCUT2D eigenvalue weighted by Crippen LogP contribution is -1.97. The van der Waals surface area contributed by atoms with E-state index in [2.05, 4.69) is 17.4 Å². The second-order valence-electron chi connectivity index (χ2n) is 2.83. The second kappa shape index (κ2) is 2.60. The van der Waals surface area contributed by atoms with Gasteiger partial charge >= 0.3 is 11.9 Å². The number of esters is 2. The summed E-state index contributed by atoms with van der Waals surface area (Å²) in [7, 11) is 0. The Morgan fingerprint density at radius 1 is 1.23 bits per heavy atom. The Morgan fingerprint density at radius 3 is 2.62 bits per heavy atom. The standard InChI is InChI=1S/C9H6O3S/c1-4-2-3-5-6(7(4)13)9(11)12-8(5)10/h2-3,13H,1H3. The van der Waals surface area contributed by atoms with Crippen LogP contribution >= 0.6 is 12.6 Å². The molecule has 0 amide bonds. The summed E-state index contributed by atoms with van der Waals surface area (Å²) in [5.74, 6) is -1.19. The molecule has 0 bridgehead atoms. The van der Waals surface area contributed by atoms with Gasteiger partial charge in [-0.25, -0.2) is 9.59 Å². The fourth-order valence-corrected chi connectivity index (χ4v) is 1.55. The number of thiol groups is 1. The van der Waals surface area contributed by atoms with Crippen molar-refractivity contribution in [1.82, 2.24) is 0 Å². The Morgan fingerprint density at radius 2 is 1.92 bits per heavy atom. The van der Waals surface area contributed by atoms with Crippen LogP contribution in [0.5, 0.6) is 0 Å². The Labute approximate surface area is 80.1 Å². The average Bonchev–Trinajstić information content (AvgIpc) is 2.35. The molecule has 0 atom stereocenters.